The van der Waals surface area contributed by atoms with Crippen molar-refractivity contribution in [3.63, 3.8) is 0 Å². The maximum atomic E-state index is 12.9. The average Bonchev–Trinajstić information content (AvgIpc) is 3.42. The fraction of sp³-hybridized carbons (Fsp3) is 0.900. The SMILES string of the molecule is CCCCCC/C=C\C/C=C\CCCCCCCC(=O)OC(COC(=O)CCCCCCCCCCCCCCC)COC(=O)CCCCCCCCCCCCCCCCCCCCCCCCCCCCCCC. The van der Waals surface area contributed by atoms with E-state index in [1.807, 2.05) is 0 Å². The first-order valence-electron chi connectivity index (χ1n) is 34.3. The molecule has 76 heavy (non-hydrogen) atoms. The summed E-state index contributed by atoms with van der Waals surface area (Å²) in [6.45, 7) is 6.68. The molecule has 0 saturated carbocycles. The first-order chi connectivity index (χ1) is 37.5. The summed E-state index contributed by atoms with van der Waals surface area (Å²) >= 11 is 0. The molecule has 448 valence electrons. The summed E-state index contributed by atoms with van der Waals surface area (Å²) in [5.41, 5.74) is 0. The van der Waals surface area contributed by atoms with Gasteiger partial charge in [0.1, 0.15) is 13.2 Å². The minimum absolute atomic E-state index is 0.0710. The van der Waals surface area contributed by atoms with E-state index in [0.717, 1.165) is 77.0 Å². The zero-order chi connectivity index (χ0) is 55.0. The predicted molar refractivity (Wildman–Crippen MR) is 330 cm³/mol. The smallest absolute Gasteiger partial charge is 0.306 e. The summed E-state index contributed by atoms with van der Waals surface area (Å²) in [5.74, 6) is -0.857. The highest BCUT2D eigenvalue weighted by atomic mass is 16.6. The Bertz CT molecular complexity index is 1230. The number of carbonyl (C=O) groups is 3. The summed E-state index contributed by atoms with van der Waals surface area (Å²) in [6.07, 6.45) is 79.3. The summed E-state index contributed by atoms with van der Waals surface area (Å²) in [6, 6.07) is 0. The van der Waals surface area contributed by atoms with E-state index >= 15 is 0 Å². The van der Waals surface area contributed by atoms with Gasteiger partial charge in [-0.3, -0.25) is 14.4 Å². The number of esters is 3. The van der Waals surface area contributed by atoms with Gasteiger partial charge in [-0.25, -0.2) is 0 Å². The van der Waals surface area contributed by atoms with E-state index in [4.69, 9.17) is 14.2 Å². The molecule has 0 fully saturated rings. The van der Waals surface area contributed by atoms with Gasteiger partial charge in [0.15, 0.2) is 6.10 Å². The van der Waals surface area contributed by atoms with Crippen molar-refractivity contribution in [1.82, 2.24) is 0 Å². The maximum Gasteiger partial charge on any atom is 0.306 e. The topological polar surface area (TPSA) is 78.9 Å². The van der Waals surface area contributed by atoms with Crippen LogP contribution < -0.4 is 0 Å². The zero-order valence-electron chi connectivity index (χ0n) is 51.6. The molecule has 0 amide bonds. The molecule has 0 radical (unpaired) electrons. The van der Waals surface area contributed by atoms with Crippen molar-refractivity contribution in [2.24, 2.45) is 0 Å². The van der Waals surface area contributed by atoms with E-state index in [1.165, 1.54) is 270 Å². The minimum atomic E-state index is -0.775. The second-order valence-electron chi connectivity index (χ2n) is 23.5. The van der Waals surface area contributed by atoms with Crippen LogP contribution in [0, 0.1) is 0 Å². The van der Waals surface area contributed by atoms with Gasteiger partial charge in [-0.05, 0) is 51.4 Å². The van der Waals surface area contributed by atoms with E-state index in [1.54, 1.807) is 0 Å². The number of unbranched alkanes of at least 4 members (excludes halogenated alkanes) is 49. The Morgan fingerprint density at radius 3 is 0.737 bits per heavy atom. The molecule has 1 unspecified atom stereocenters. The molecule has 0 aliphatic heterocycles. The monoisotopic (exact) mass is 1070 g/mol. The van der Waals surface area contributed by atoms with Crippen LogP contribution in [0.5, 0.6) is 0 Å². The Morgan fingerprint density at radius 2 is 0.474 bits per heavy atom. The molecule has 0 rings (SSSR count). The van der Waals surface area contributed by atoms with Crippen LogP contribution in [-0.4, -0.2) is 37.2 Å². The van der Waals surface area contributed by atoms with Crippen molar-refractivity contribution in [2.75, 3.05) is 13.2 Å². The molecule has 0 spiro atoms. The van der Waals surface area contributed by atoms with Crippen LogP contribution in [-0.2, 0) is 28.6 Å². The number of carbonyl (C=O) groups excluding carboxylic acids is 3. The van der Waals surface area contributed by atoms with Gasteiger partial charge < -0.3 is 14.2 Å². The molecule has 6 nitrogen and oxygen atoms in total. The fourth-order valence-corrected chi connectivity index (χ4v) is 10.5. The highest BCUT2D eigenvalue weighted by molar-refractivity contribution is 5.71. The summed E-state index contributed by atoms with van der Waals surface area (Å²) in [5, 5.41) is 0. The highest BCUT2D eigenvalue weighted by Gasteiger charge is 2.19. The van der Waals surface area contributed by atoms with Crippen LogP contribution in [0.1, 0.15) is 387 Å². The average molecular weight is 1070 g/mol. The minimum Gasteiger partial charge on any atom is -0.462 e. The van der Waals surface area contributed by atoms with Gasteiger partial charge in [0, 0.05) is 19.3 Å². The molecule has 0 aliphatic rings. The Kier molecular flexibility index (Phi) is 63.6. The van der Waals surface area contributed by atoms with Crippen LogP contribution in [0.25, 0.3) is 0 Å². The molecule has 0 aliphatic carbocycles. The van der Waals surface area contributed by atoms with Gasteiger partial charge >= 0.3 is 17.9 Å². The van der Waals surface area contributed by atoms with Gasteiger partial charge in [0.25, 0.3) is 0 Å². The van der Waals surface area contributed by atoms with Crippen molar-refractivity contribution >= 4 is 17.9 Å². The van der Waals surface area contributed by atoms with Crippen LogP contribution in [0.15, 0.2) is 24.3 Å². The largest absolute Gasteiger partial charge is 0.462 e. The molecule has 6 heteroatoms. The Hall–Kier alpha value is -2.11. The van der Waals surface area contributed by atoms with Crippen LogP contribution >= 0.6 is 0 Å². The van der Waals surface area contributed by atoms with E-state index < -0.39 is 6.10 Å². The molecule has 0 saturated heterocycles. The van der Waals surface area contributed by atoms with Gasteiger partial charge in [0.2, 0.25) is 0 Å². The standard InChI is InChI=1S/C70H132O6/c1-4-7-10-13-16-19-22-25-27-29-30-31-32-33-34-35-36-37-38-39-40-41-43-45-48-51-54-57-60-63-69(72)75-66-67(65-74-68(71)62-59-56-53-50-47-44-24-21-18-15-12-9-6-3)76-70(73)64-61-58-55-52-49-46-42-28-26-23-20-17-14-11-8-5-2/h20,23,28,42,67H,4-19,21-22,24-27,29-41,43-66H2,1-3H3/b23-20-,42-28-. The third kappa shape index (κ3) is 62.7. The first kappa shape index (κ1) is 73.9. The molecular formula is C70H132O6. The predicted octanol–water partition coefficient (Wildman–Crippen LogP) is 23.4. The highest BCUT2D eigenvalue weighted by Crippen LogP contribution is 2.19. The fourth-order valence-electron chi connectivity index (χ4n) is 10.5. The summed E-state index contributed by atoms with van der Waals surface area (Å²) < 4.78 is 16.9. The van der Waals surface area contributed by atoms with E-state index in [2.05, 4.69) is 45.1 Å². The van der Waals surface area contributed by atoms with Crippen molar-refractivity contribution in [3.8, 4) is 0 Å². The number of allylic oxidation sites excluding steroid dienone is 4. The number of rotatable bonds is 64. The van der Waals surface area contributed by atoms with Crippen molar-refractivity contribution in [1.29, 1.82) is 0 Å². The van der Waals surface area contributed by atoms with Gasteiger partial charge in [-0.1, -0.05) is 340 Å². The van der Waals surface area contributed by atoms with Gasteiger partial charge in [-0.2, -0.15) is 0 Å². The van der Waals surface area contributed by atoms with Gasteiger partial charge in [0.05, 0.1) is 0 Å². The summed E-state index contributed by atoms with van der Waals surface area (Å²) in [7, 11) is 0. The quantitative estimate of drug-likeness (QED) is 0.0261. The molecule has 1 atom stereocenters. The van der Waals surface area contributed by atoms with E-state index in [0.29, 0.717) is 19.3 Å². The third-order valence-corrected chi connectivity index (χ3v) is 15.7. The molecule has 0 N–H and O–H groups in total. The van der Waals surface area contributed by atoms with Crippen molar-refractivity contribution < 1.29 is 28.6 Å². The normalized spacial score (nSPS) is 12.1. The van der Waals surface area contributed by atoms with Crippen LogP contribution in [0.2, 0.25) is 0 Å². The lowest BCUT2D eigenvalue weighted by Crippen LogP contribution is -2.30. The van der Waals surface area contributed by atoms with Crippen molar-refractivity contribution in [3.05, 3.63) is 24.3 Å². The lowest BCUT2D eigenvalue weighted by atomic mass is 10.0. The molecule has 0 aromatic heterocycles. The van der Waals surface area contributed by atoms with Crippen LogP contribution in [0.3, 0.4) is 0 Å². The molecule has 0 aromatic rings. The van der Waals surface area contributed by atoms with Gasteiger partial charge in [-0.15, -0.1) is 0 Å². The Morgan fingerprint density at radius 1 is 0.263 bits per heavy atom. The molecule has 0 aromatic carbocycles. The Labute approximate surface area is 474 Å². The third-order valence-electron chi connectivity index (χ3n) is 15.7. The Balaban J connectivity index is 4.15. The number of hydrogen-bond donors (Lipinski definition) is 0. The number of hydrogen-bond acceptors (Lipinski definition) is 6. The second-order valence-corrected chi connectivity index (χ2v) is 23.5. The van der Waals surface area contributed by atoms with E-state index in [-0.39, 0.29) is 31.1 Å². The molecule has 0 bridgehead atoms. The van der Waals surface area contributed by atoms with Crippen molar-refractivity contribution in [2.45, 2.75) is 393 Å². The van der Waals surface area contributed by atoms with Crippen LogP contribution in [0.4, 0.5) is 0 Å². The van der Waals surface area contributed by atoms with E-state index in [9.17, 15) is 14.4 Å². The zero-order valence-corrected chi connectivity index (χ0v) is 51.6. The second kappa shape index (κ2) is 65.4. The molecule has 0 heterocycles. The lowest BCUT2D eigenvalue weighted by Gasteiger charge is -2.18. The lowest BCUT2D eigenvalue weighted by molar-refractivity contribution is -0.167. The maximum absolute atomic E-state index is 12.9. The summed E-state index contributed by atoms with van der Waals surface area (Å²) in [4.78, 5) is 38.3. The first-order valence-corrected chi connectivity index (χ1v) is 34.3. The molecular weight excluding hydrogens is 937 g/mol. The number of ether oxygens (including phenoxy) is 3.